The summed E-state index contributed by atoms with van der Waals surface area (Å²) in [4.78, 5) is 13.2. The van der Waals surface area contributed by atoms with Crippen LogP contribution in [0.15, 0.2) is 66.7 Å². The van der Waals surface area contributed by atoms with Crippen LogP contribution < -0.4 is 9.64 Å². The van der Waals surface area contributed by atoms with E-state index in [1.165, 1.54) is 12.1 Å². The van der Waals surface area contributed by atoms with Crippen molar-refractivity contribution in [1.29, 1.82) is 0 Å². The molecule has 3 aromatic rings. The Morgan fingerprint density at radius 1 is 1.03 bits per heavy atom. The van der Waals surface area contributed by atoms with Gasteiger partial charge in [0, 0.05) is 17.6 Å². The molecule has 0 unspecified atom stereocenters. The summed E-state index contributed by atoms with van der Waals surface area (Å²) in [6, 6.07) is 18.4. The quantitative estimate of drug-likeness (QED) is 0.449. The number of alkyl halides is 3. The monoisotopic (exact) mass is 469 g/mol. The van der Waals surface area contributed by atoms with Crippen LogP contribution >= 0.6 is 0 Å². The molecule has 1 N–H and O–H groups in total. The Morgan fingerprint density at radius 2 is 1.74 bits per heavy atom. The highest BCUT2D eigenvalue weighted by atomic mass is 19.4. The fourth-order valence-electron chi connectivity index (χ4n) is 4.43. The third-order valence-electron chi connectivity index (χ3n) is 6.08. The van der Waals surface area contributed by atoms with Crippen molar-refractivity contribution in [3.8, 4) is 16.9 Å². The highest BCUT2D eigenvalue weighted by Crippen LogP contribution is 2.42. The largest absolute Gasteiger partial charge is 0.492 e. The van der Waals surface area contributed by atoms with E-state index in [2.05, 4.69) is 24.8 Å². The average Bonchev–Trinajstić information content (AvgIpc) is 3.02. The number of benzene rings is 3. The molecule has 3 aromatic carbocycles. The van der Waals surface area contributed by atoms with Crippen molar-refractivity contribution in [2.75, 3.05) is 24.6 Å². The predicted octanol–water partition coefficient (Wildman–Crippen LogP) is 6.18. The zero-order valence-corrected chi connectivity index (χ0v) is 19.0. The minimum atomic E-state index is -4.35. The number of rotatable bonds is 7. The van der Waals surface area contributed by atoms with Crippen molar-refractivity contribution >= 4 is 11.7 Å². The summed E-state index contributed by atoms with van der Waals surface area (Å²) in [5, 5.41) is 8.96. The number of carbonyl (C=O) groups is 1. The van der Waals surface area contributed by atoms with Crippen molar-refractivity contribution in [3.05, 3.63) is 83.4 Å². The molecule has 7 heteroatoms. The van der Waals surface area contributed by atoms with Crippen LogP contribution in [0.25, 0.3) is 11.1 Å². The first-order valence-corrected chi connectivity index (χ1v) is 11.0. The van der Waals surface area contributed by atoms with E-state index in [9.17, 15) is 18.0 Å². The minimum absolute atomic E-state index is 0.0494. The fourth-order valence-corrected chi connectivity index (χ4v) is 4.43. The van der Waals surface area contributed by atoms with Crippen LogP contribution in [0.4, 0.5) is 18.9 Å². The van der Waals surface area contributed by atoms with Crippen molar-refractivity contribution in [2.45, 2.75) is 31.9 Å². The van der Waals surface area contributed by atoms with Crippen molar-refractivity contribution in [3.63, 3.8) is 0 Å². The van der Waals surface area contributed by atoms with E-state index in [1.807, 2.05) is 18.2 Å². The second kappa shape index (κ2) is 9.05. The van der Waals surface area contributed by atoms with Crippen LogP contribution in [0.3, 0.4) is 0 Å². The Bertz CT molecular complexity index is 1190. The number of anilines is 1. The maximum atomic E-state index is 12.9. The molecular weight excluding hydrogens is 443 g/mol. The topological polar surface area (TPSA) is 49.8 Å². The number of carboxylic acid groups (broad SMARTS) is 1. The second-order valence-corrected chi connectivity index (χ2v) is 9.18. The van der Waals surface area contributed by atoms with Crippen molar-refractivity contribution in [2.24, 2.45) is 0 Å². The lowest BCUT2D eigenvalue weighted by atomic mass is 9.85. The predicted molar refractivity (Wildman–Crippen MR) is 125 cm³/mol. The molecule has 0 saturated heterocycles. The SMILES string of the molecule is CC1(C)CN(CCOc2cccc(CC(=O)O)c2)c2ccc(-c3ccc(C(F)(F)F)cc3)cc21. The van der Waals surface area contributed by atoms with Gasteiger partial charge in [-0.05, 0) is 58.7 Å². The van der Waals surface area contributed by atoms with Gasteiger partial charge in [0.05, 0.1) is 18.5 Å². The van der Waals surface area contributed by atoms with Crippen LogP contribution in [0.5, 0.6) is 5.75 Å². The summed E-state index contributed by atoms with van der Waals surface area (Å²) in [6.45, 7) is 6.18. The molecule has 1 heterocycles. The number of hydrogen-bond acceptors (Lipinski definition) is 3. The third-order valence-corrected chi connectivity index (χ3v) is 6.08. The average molecular weight is 470 g/mol. The molecular formula is C27H26F3NO3. The van der Waals surface area contributed by atoms with Crippen LogP contribution in [-0.4, -0.2) is 30.8 Å². The number of nitrogens with zero attached hydrogens (tertiary/aromatic N) is 1. The minimum Gasteiger partial charge on any atom is -0.492 e. The van der Waals surface area contributed by atoms with E-state index < -0.39 is 17.7 Å². The third kappa shape index (κ3) is 5.19. The van der Waals surface area contributed by atoms with Gasteiger partial charge in [-0.2, -0.15) is 13.2 Å². The van der Waals surface area contributed by atoms with Crippen LogP contribution in [-0.2, 0) is 22.8 Å². The van der Waals surface area contributed by atoms with E-state index in [1.54, 1.807) is 18.2 Å². The summed E-state index contributed by atoms with van der Waals surface area (Å²) < 4.78 is 44.5. The number of hydrogen-bond donors (Lipinski definition) is 1. The second-order valence-electron chi connectivity index (χ2n) is 9.18. The number of carboxylic acids is 1. The molecule has 1 aliphatic rings. The molecule has 178 valence electrons. The zero-order valence-electron chi connectivity index (χ0n) is 19.0. The summed E-state index contributed by atoms with van der Waals surface area (Å²) in [5.41, 5.74) is 3.77. The molecule has 0 aliphatic carbocycles. The van der Waals surface area contributed by atoms with Gasteiger partial charge in [0.2, 0.25) is 0 Å². The summed E-state index contributed by atoms with van der Waals surface area (Å²) >= 11 is 0. The lowest BCUT2D eigenvalue weighted by molar-refractivity contribution is -0.138. The molecule has 0 aromatic heterocycles. The van der Waals surface area contributed by atoms with Gasteiger partial charge in [-0.1, -0.05) is 44.2 Å². The highest BCUT2D eigenvalue weighted by molar-refractivity contribution is 5.73. The maximum Gasteiger partial charge on any atom is 0.416 e. The van der Waals surface area contributed by atoms with Crippen LogP contribution in [0, 0.1) is 0 Å². The molecule has 4 nitrogen and oxygen atoms in total. The molecule has 0 spiro atoms. The number of aliphatic carboxylic acids is 1. The molecule has 0 saturated carbocycles. The number of halogens is 3. The molecule has 0 fully saturated rings. The summed E-state index contributed by atoms with van der Waals surface area (Å²) in [7, 11) is 0. The van der Waals surface area contributed by atoms with Crippen LogP contribution in [0.2, 0.25) is 0 Å². The Balaban J connectivity index is 1.46. The molecule has 34 heavy (non-hydrogen) atoms. The highest BCUT2D eigenvalue weighted by Gasteiger charge is 2.35. The summed E-state index contributed by atoms with van der Waals surface area (Å²) in [6.07, 6.45) is -4.40. The van der Waals surface area contributed by atoms with Crippen molar-refractivity contribution < 1.29 is 27.8 Å². The first-order chi connectivity index (χ1) is 16.0. The van der Waals surface area contributed by atoms with Gasteiger partial charge < -0.3 is 14.7 Å². The molecule has 0 bridgehead atoms. The maximum absolute atomic E-state index is 12.9. The van der Waals surface area contributed by atoms with Gasteiger partial charge in [0.15, 0.2) is 0 Å². The Morgan fingerprint density at radius 3 is 2.41 bits per heavy atom. The van der Waals surface area contributed by atoms with E-state index in [0.717, 1.165) is 41.1 Å². The zero-order chi connectivity index (χ0) is 24.5. The van der Waals surface area contributed by atoms with Crippen LogP contribution in [0.1, 0.15) is 30.5 Å². The first kappa shape index (κ1) is 23.7. The fraction of sp³-hybridized carbons (Fsp3) is 0.296. The number of fused-ring (bicyclic) bond motifs is 1. The smallest absolute Gasteiger partial charge is 0.416 e. The lowest BCUT2D eigenvalue weighted by Gasteiger charge is -2.22. The lowest BCUT2D eigenvalue weighted by Crippen LogP contribution is -2.31. The Kier molecular flexibility index (Phi) is 6.30. The van der Waals surface area contributed by atoms with Crippen molar-refractivity contribution in [1.82, 2.24) is 0 Å². The van der Waals surface area contributed by atoms with E-state index in [0.29, 0.717) is 24.5 Å². The van der Waals surface area contributed by atoms with Gasteiger partial charge >= 0.3 is 12.1 Å². The van der Waals surface area contributed by atoms with E-state index >= 15 is 0 Å². The normalized spacial score (nSPS) is 14.7. The molecule has 0 atom stereocenters. The van der Waals surface area contributed by atoms with Gasteiger partial charge in [0.25, 0.3) is 0 Å². The number of ether oxygens (including phenoxy) is 1. The molecule has 1 aliphatic heterocycles. The summed E-state index contributed by atoms with van der Waals surface area (Å²) in [5.74, 6) is -0.251. The van der Waals surface area contributed by atoms with Gasteiger partial charge in [-0.15, -0.1) is 0 Å². The van der Waals surface area contributed by atoms with Gasteiger partial charge in [-0.25, -0.2) is 0 Å². The molecule has 0 radical (unpaired) electrons. The Labute approximate surface area is 196 Å². The Hall–Kier alpha value is -3.48. The van der Waals surface area contributed by atoms with Gasteiger partial charge in [0.1, 0.15) is 12.4 Å². The first-order valence-electron chi connectivity index (χ1n) is 11.0. The standard InChI is InChI=1S/C27H26F3NO3/c1-26(2)17-31(12-13-34-22-5-3-4-18(14-22)15-25(32)33)24-11-8-20(16-23(24)26)19-6-9-21(10-7-19)27(28,29)30/h3-11,14,16H,12-13,15,17H2,1-2H3,(H,32,33). The molecule has 0 amide bonds. The van der Waals surface area contributed by atoms with Gasteiger partial charge in [-0.3, -0.25) is 4.79 Å². The van der Waals surface area contributed by atoms with E-state index in [4.69, 9.17) is 9.84 Å². The van der Waals surface area contributed by atoms with E-state index in [-0.39, 0.29) is 11.8 Å². The molecule has 4 rings (SSSR count).